The second-order valence-electron chi connectivity index (χ2n) is 18.6. The number of hydrogen-bond donors (Lipinski definition) is 1. The van der Waals surface area contributed by atoms with Crippen LogP contribution < -0.4 is 5.32 Å². The van der Waals surface area contributed by atoms with Crippen LogP contribution in [0.25, 0.3) is 0 Å². The molecule has 3 amide bonds. The van der Waals surface area contributed by atoms with Gasteiger partial charge in [0.15, 0.2) is 5.78 Å². The molecule has 3 saturated carbocycles. The zero-order valence-corrected chi connectivity index (χ0v) is 33.1. The normalized spacial score (nSPS) is 34.7. The summed E-state index contributed by atoms with van der Waals surface area (Å²) in [6.45, 7) is 13.1. The Kier molecular flexibility index (Phi) is 11.0. The summed E-state index contributed by atoms with van der Waals surface area (Å²) in [4.78, 5) is 58.9. The van der Waals surface area contributed by atoms with E-state index in [2.05, 4.69) is 32.2 Å². The summed E-state index contributed by atoms with van der Waals surface area (Å²) in [5, 5.41) is 2.80. The number of carbonyl (C=O) groups excluding carboxylic acids is 4. The quantitative estimate of drug-likeness (QED) is 0.248. The molecule has 8 rings (SSSR count). The Balaban J connectivity index is 0.00000514. The van der Waals surface area contributed by atoms with Gasteiger partial charge in [0.05, 0.1) is 24.3 Å². The minimum absolute atomic E-state index is 0. The van der Waals surface area contributed by atoms with Crippen molar-refractivity contribution in [1.29, 1.82) is 0 Å². The van der Waals surface area contributed by atoms with Crippen LogP contribution in [0, 0.1) is 17.3 Å². The first-order valence-electron chi connectivity index (χ1n) is 20.4. The van der Waals surface area contributed by atoms with E-state index in [0.29, 0.717) is 24.9 Å². The zero-order chi connectivity index (χ0) is 38.4. The van der Waals surface area contributed by atoms with Crippen LogP contribution in [0.3, 0.4) is 0 Å². The van der Waals surface area contributed by atoms with Gasteiger partial charge in [-0.2, -0.15) is 0 Å². The lowest BCUT2D eigenvalue weighted by Crippen LogP contribution is -2.63. The Morgan fingerprint density at radius 1 is 1.00 bits per heavy atom. The van der Waals surface area contributed by atoms with E-state index in [4.69, 9.17) is 18.8 Å². The van der Waals surface area contributed by atoms with Crippen LogP contribution in [0.15, 0.2) is 36.4 Å². The number of Topliss-reactive ketones (excluding diaryl/α,β-unsaturated/α-hetero) is 1. The van der Waals surface area contributed by atoms with Crippen LogP contribution in [-0.2, 0) is 41.5 Å². The maximum atomic E-state index is 14.6. The fourth-order valence-corrected chi connectivity index (χ4v) is 10.0. The van der Waals surface area contributed by atoms with Crippen LogP contribution in [0.4, 0.5) is 9.59 Å². The number of allylic oxidation sites excluding steroid dienone is 1. The molecule has 4 heterocycles. The Bertz CT molecular complexity index is 1610. The van der Waals surface area contributed by atoms with Gasteiger partial charge in [-0.1, -0.05) is 75.9 Å². The predicted molar refractivity (Wildman–Crippen MR) is 206 cm³/mol. The van der Waals surface area contributed by atoms with Gasteiger partial charge in [0.1, 0.15) is 17.7 Å². The largest absolute Gasteiger partial charge is 0.461 e. The van der Waals surface area contributed by atoms with Gasteiger partial charge in [-0.05, 0) is 88.2 Å². The number of carbonyl (C=O) groups is 4. The molecule has 11 nitrogen and oxygen atoms in total. The van der Waals surface area contributed by atoms with Gasteiger partial charge in [0.25, 0.3) is 0 Å². The molecule has 2 bridgehead atoms. The minimum atomic E-state index is -0.961. The van der Waals surface area contributed by atoms with Crippen LogP contribution in [0.2, 0.25) is 5.82 Å². The summed E-state index contributed by atoms with van der Waals surface area (Å²) in [6, 6.07) is 6.13. The zero-order valence-electron chi connectivity index (χ0n) is 33.1. The Morgan fingerprint density at radius 2 is 1.72 bits per heavy atom. The molecule has 3 aliphatic carbocycles. The van der Waals surface area contributed by atoms with Gasteiger partial charge < -0.3 is 29.0 Å². The Labute approximate surface area is 322 Å². The van der Waals surface area contributed by atoms with Gasteiger partial charge in [-0.25, -0.2) is 9.59 Å². The number of fused-ring (bicyclic) bond motifs is 2. The molecule has 8 atom stereocenters. The molecule has 7 aliphatic rings. The highest BCUT2D eigenvalue weighted by Crippen LogP contribution is 2.65. The van der Waals surface area contributed by atoms with Crippen LogP contribution in [-0.4, -0.2) is 82.8 Å². The van der Waals surface area contributed by atoms with Crippen LogP contribution in [0.5, 0.6) is 0 Å². The molecule has 1 N–H and O–H groups in total. The molecule has 5 fully saturated rings. The van der Waals surface area contributed by atoms with E-state index in [9.17, 15) is 19.2 Å². The van der Waals surface area contributed by atoms with Gasteiger partial charge in [0.2, 0.25) is 5.91 Å². The molecule has 1 aromatic carbocycles. The molecule has 54 heavy (non-hydrogen) atoms. The molecule has 0 spiro atoms. The third kappa shape index (κ3) is 8.11. The fraction of sp³-hybridized carbons (Fsp3) is 0.714. The number of nitrogens with zero attached hydrogens (tertiary/aromatic N) is 2. The van der Waals surface area contributed by atoms with Gasteiger partial charge in [0, 0.05) is 33.2 Å². The van der Waals surface area contributed by atoms with E-state index < -0.39 is 49.0 Å². The van der Waals surface area contributed by atoms with Crippen molar-refractivity contribution in [1.82, 2.24) is 15.1 Å². The number of nitrogens with one attached hydrogen (secondary N) is 1. The van der Waals surface area contributed by atoms with Gasteiger partial charge in [-0.15, -0.1) is 0 Å². The predicted octanol–water partition coefficient (Wildman–Crippen LogP) is 7.61. The first-order valence-corrected chi connectivity index (χ1v) is 20.4. The molecule has 0 unspecified atom stereocenters. The van der Waals surface area contributed by atoms with Crippen molar-refractivity contribution in [2.75, 3.05) is 6.54 Å². The molecule has 296 valence electrons. The highest BCUT2D eigenvalue weighted by molar-refractivity contribution is 6.47. The Morgan fingerprint density at radius 3 is 2.43 bits per heavy atom. The fourth-order valence-electron chi connectivity index (χ4n) is 10.0. The molecule has 0 radical (unpaired) electrons. The number of benzene rings is 1. The lowest BCUT2D eigenvalue weighted by Gasteiger charge is -2.63. The standard InChI is InChI=1S/C42H60BN3O8.H2/c1-40(2,3)52-38(49)44-33-19-13-11-9-7-8-10-12-18-30(43-53-36-32-20-29(41(32,4)5)23-42(36,6)54-43)21-35(47)34-22-31(26-46(34)37(33)48)51-39(50)45-24-27-16-14-15-17-28(27)25-45;/h11,13-17,29-34,36H,7-10,12,18-26H2,1-6H3,(H,44,49);1H/b13-11+;/t29-,30-,31-,32+,33+,34+,36-,42+;/m1./s1. The average Bonchev–Trinajstić information content (AvgIpc) is 3.83. The summed E-state index contributed by atoms with van der Waals surface area (Å²) < 4.78 is 25.3. The molecule has 1 aromatic rings. The molecular formula is C42H62BN3O8. The van der Waals surface area contributed by atoms with Crippen molar-refractivity contribution in [3.8, 4) is 0 Å². The van der Waals surface area contributed by atoms with E-state index >= 15 is 0 Å². The van der Waals surface area contributed by atoms with E-state index in [-0.39, 0.29) is 56.0 Å². The highest BCUT2D eigenvalue weighted by Gasteiger charge is 2.67. The highest BCUT2D eigenvalue weighted by atomic mass is 16.7. The second-order valence-corrected chi connectivity index (χ2v) is 18.6. The number of rotatable bonds is 3. The maximum Gasteiger partial charge on any atom is 0.461 e. The van der Waals surface area contributed by atoms with Crippen LogP contribution >= 0.6 is 0 Å². The molecule has 4 aliphatic heterocycles. The number of ketones is 1. The van der Waals surface area contributed by atoms with Crippen molar-refractivity contribution in [3.05, 3.63) is 47.5 Å². The van der Waals surface area contributed by atoms with E-state index in [1.54, 1.807) is 25.7 Å². The van der Waals surface area contributed by atoms with E-state index in [0.717, 1.165) is 62.5 Å². The topological polar surface area (TPSA) is 124 Å². The number of alkyl carbamates (subject to hydrolysis) is 1. The molecule has 0 aromatic heterocycles. The Hall–Kier alpha value is -3.38. The molecular weight excluding hydrogens is 685 g/mol. The molecule has 12 heteroatoms. The lowest BCUT2D eigenvalue weighted by atomic mass is 9.45. The second kappa shape index (κ2) is 15.3. The minimum Gasteiger partial charge on any atom is -0.444 e. The summed E-state index contributed by atoms with van der Waals surface area (Å²) in [5.74, 6) is 0.362. The summed E-state index contributed by atoms with van der Waals surface area (Å²) in [6.07, 6.45) is 10.6. The van der Waals surface area contributed by atoms with E-state index in [1.165, 1.54) is 4.90 Å². The van der Waals surface area contributed by atoms with Crippen molar-refractivity contribution in [2.45, 2.75) is 167 Å². The van der Waals surface area contributed by atoms with Gasteiger partial charge >= 0.3 is 19.3 Å². The number of hydrogen-bond acceptors (Lipinski definition) is 8. The average molecular weight is 748 g/mol. The SMILES string of the molecule is CC(C)(C)OC(=O)N[C@H]1C/C=C/CCCCCC[C@@H](B2O[C@@H]3[C@@H]4C[C@H](C[C@]3(C)O2)C4(C)C)CC(=O)[C@@H]2C[C@@H](OC(=O)N3Cc4ccccc4C3)CN2C1=O.[HH]. The maximum absolute atomic E-state index is 14.6. The van der Waals surface area contributed by atoms with Gasteiger partial charge in [-0.3, -0.25) is 14.5 Å². The van der Waals surface area contributed by atoms with Crippen molar-refractivity contribution < 1.29 is 39.4 Å². The van der Waals surface area contributed by atoms with Crippen molar-refractivity contribution in [3.63, 3.8) is 0 Å². The first-order chi connectivity index (χ1) is 25.6. The monoisotopic (exact) mass is 747 g/mol. The first kappa shape index (κ1) is 38.9. The van der Waals surface area contributed by atoms with E-state index in [1.807, 2.05) is 30.3 Å². The number of ether oxygens (including phenoxy) is 2. The summed E-state index contributed by atoms with van der Waals surface area (Å²) in [7, 11) is -0.501. The van der Waals surface area contributed by atoms with Crippen molar-refractivity contribution >= 4 is 31.0 Å². The third-order valence-electron chi connectivity index (χ3n) is 13.2. The smallest absolute Gasteiger partial charge is 0.444 e. The summed E-state index contributed by atoms with van der Waals surface area (Å²) in [5.41, 5.74) is 1.24. The summed E-state index contributed by atoms with van der Waals surface area (Å²) >= 11 is 0. The molecule has 2 saturated heterocycles. The number of amides is 3. The van der Waals surface area contributed by atoms with Crippen molar-refractivity contribution in [2.24, 2.45) is 17.3 Å². The van der Waals surface area contributed by atoms with Crippen LogP contribution in [0.1, 0.15) is 125 Å². The lowest BCUT2D eigenvalue weighted by molar-refractivity contribution is -0.185. The third-order valence-corrected chi connectivity index (χ3v) is 13.2.